The van der Waals surface area contributed by atoms with Crippen molar-refractivity contribution in [1.29, 1.82) is 0 Å². The molecule has 0 radical (unpaired) electrons. The Morgan fingerprint density at radius 1 is 1.45 bits per heavy atom. The molecule has 3 N–H and O–H groups in total. The van der Waals surface area contributed by atoms with E-state index < -0.39 is 0 Å². The molecule has 0 spiro atoms. The molecule has 20 heavy (non-hydrogen) atoms. The van der Waals surface area contributed by atoms with E-state index in [-0.39, 0.29) is 18.4 Å². The highest BCUT2D eigenvalue weighted by molar-refractivity contribution is 7.21. The molecule has 2 rings (SSSR count). The fraction of sp³-hybridized carbons (Fsp3) is 0.417. The van der Waals surface area contributed by atoms with Gasteiger partial charge in [0, 0.05) is 21.1 Å². The minimum absolute atomic E-state index is 0.0449. The summed E-state index contributed by atoms with van der Waals surface area (Å²) in [5.74, 6) is -0.505. The average molecular weight is 295 g/mol. The van der Waals surface area contributed by atoms with Gasteiger partial charge in [-0.25, -0.2) is 0 Å². The fourth-order valence-electron chi connectivity index (χ4n) is 1.89. The first-order valence-corrected chi connectivity index (χ1v) is 6.84. The summed E-state index contributed by atoms with van der Waals surface area (Å²) in [6.07, 6.45) is 0. The van der Waals surface area contributed by atoms with E-state index in [4.69, 9.17) is 5.73 Å². The number of aromatic nitrogens is 2. The van der Waals surface area contributed by atoms with Gasteiger partial charge in [-0.2, -0.15) is 5.10 Å². The molecule has 2 aromatic heterocycles. The second-order valence-corrected chi connectivity index (χ2v) is 5.70. The zero-order chi connectivity index (χ0) is 15.0. The van der Waals surface area contributed by atoms with Crippen LogP contribution in [0.5, 0.6) is 0 Å². The smallest absolute Gasteiger partial charge is 0.264 e. The van der Waals surface area contributed by atoms with Crippen LogP contribution < -0.4 is 11.1 Å². The highest BCUT2D eigenvalue weighted by atomic mass is 32.1. The van der Waals surface area contributed by atoms with Gasteiger partial charge in [-0.15, -0.1) is 11.3 Å². The number of fused-ring (bicyclic) bond motifs is 1. The van der Waals surface area contributed by atoms with Crippen LogP contribution >= 0.6 is 11.3 Å². The SMILES string of the molecule is Cc1nn(C)c2sc(C(=O)NCC(=O)N(C)C)c(N)c12. The fourth-order valence-corrected chi connectivity index (χ4v) is 3.00. The van der Waals surface area contributed by atoms with Crippen LogP contribution in [0.2, 0.25) is 0 Å². The Kier molecular flexibility index (Phi) is 3.67. The predicted octanol–water partition coefficient (Wildman–Crippen LogP) is 0.343. The lowest BCUT2D eigenvalue weighted by Crippen LogP contribution is -2.36. The molecule has 0 saturated carbocycles. The van der Waals surface area contributed by atoms with E-state index in [0.717, 1.165) is 15.9 Å². The van der Waals surface area contributed by atoms with E-state index in [0.29, 0.717) is 10.6 Å². The summed E-state index contributed by atoms with van der Waals surface area (Å²) in [4.78, 5) is 26.3. The van der Waals surface area contributed by atoms with Crippen molar-refractivity contribution in [2.45, 2.75) is 6.92 Å². The summed E-state index contributed by atoms with van der Waals surface area (Å²) in [5.41, 5.74) is 7.23. The zero-order valence-electron chi connectivity index (χ0n) is 11.9. The number of anilines is 1. The van der Waals surface area contributed by atoms with Crippen molar-refractivity contribution in [2.75, 3.05) is 26.4 Å². The predicted molar refractivity (Wildman–Crippen MR) is 78.8 cm³/mol. The second kappa shape index (κ2) is 5.12. The molecule has 2 amide bonds. The molecule has 2 aromatic rings. The third-order valence-electron chi connectivity index (χ3n) is 2.99. The monoisotopic (exact) mass is 295 g/mol. The highest BCUT2D eigenvalue weighted by Gasteiger charge is 2.21. The lowest BCUT2D eigenvalue weighted by molar-refractivity contribution is -0.127. The molecule has 0 aliphatic carbocycles. The van der Waals surface area contributed by atoms with Crippen LogP contribution in [-0.2, 0) is 11.8 Å². The molecular weight excluding hydrogens is 278 g/mol. The third kappa shape index (κ3) is 2.34. The molecule has 0 atom stereocenters. The van der Waals surface area contributed by atoms with E-state index in [1.54, 1.807) is 18.8 Å². The summed E-state index contributed by atoms with van der Waals surface area (Å²) in [7, 11) is 5.08. The van der Waals surface area contributed by atoms with E-state index in [1.165, 1.54) is 16.2 Å². The number of thiophene rings is 1. The number of amides is 2. The number of likely N-dealkylation sites (N-methyl/N-ethyl adjacent to an activating group) is 1. The molecule has 0 unspecified atom stereocenters. The Bertz CT molecular complexity index is 686. The minimum Gasteiger partial charge on any atom is -0.397 e. The number of aryl methyl sites for hydroxylation is 2. The standard InChI is InChI=1S/C12H17N5O2S/c1-6-8-9(13)10(20-12(8)17(4)15-6)11(19)14-5-7(18)16(2)3/h5,13H2,1-4H3,(H,14,19). The van der Waals surface area contributed by atoms with Crippen molar-refractivity contribution in [3.8, 4) is 0 Å². The van der Waals surface area contributed by atoms with E-state index >= 15 is 0 Å². The van der Waals surface area contributed by atoms with Crippen LogP contribution in [0.4, 0.5) is 5.69 Å². The maximum Gasteiger partial charge on any atom is 0.264 e. The van der Waals surface area contributed by atoms with Crippen molar-refractivity contribution in [1.82, 2.24) is 20.0 Å². The van der Waals surface area contributed by atoms with E-state index in [9.17, 15) is 9.59 Å². The van der Waals surface area contributed by atoms with Gasteiger partial charge in [0.2, 0.25) is 5.91 Å². The summed E-state index contributed by atoms with van der Waals surface area (Å²) in [6, 6.07) is 0. The molecule has 7 nitrogen and oxygen atoms in total. The number of carbonyl (C=O) groups excluding carboxylic acids is 2. The molecule has 2 heterocycles. The number of rotatable bonds is 3. The Balaban J connectivity index is 2.25. The van der Waals surface area contributed by atoms with Gasteiger partial charge in [0.1, 0.15) is 9.71 Å². The maximum atomic E-state index is 12.1. The van der Waals surface area contributed by atoms with Crippen LogP contribution in [-0.4, -0.2) is 47.1 Å². The van der Waals surface area contributed by atoms with Crippen molar-refractivity contribution < 1.29 is 9.59 Å². The molecule has 8 heteroatoms. The van der Waals surface area contributed by atoms with Gasteiger partial charge in [-0.1, -0.05) is 0 Å². The first-order valence-electron chi connectivity index (χ1n) is 6.02. The molecule has 0 fully saturated rings. The van der Waals surface area contributed by atoms with Crippen molar-refractivity contribution in [2.24, 2.45) is 7.05 Å². The number of nitrogens with two attached hydrogens (primary N) is 1. The van der Waals surface area contributed by atoms with Crippen LogP contribution in [0.1, 0.15) is 15.4 Å². The minimum atomic E-state index is -0.335. The molecule has 0 aromatic carbocycles. The summed E-state index contributed by atoms with van der Waals surface area (Å²) < 4.78 is 1.70. The topological polar surface area (TPSA) is 93.2 Å². The largest absolute Gasteiger partial charge is 0.397 e. The first-order chi connectivity index (χ1) is 9.32. The third-order valence-corrected chi connectivity index (χ3v) is 4.26. The van der Waals surface area contributed by atoms with Gasteiger partial charge in [0.25, 0.3) is 5.91 Å². The van der Waals surface area contributed by atoms with Crippen LogP contribution in [0, 0.1) is 6.92 Å². The lowest BCUT2D eigenvalue weighted by Gasteiger charge is -2.10. The quantitative estimate of drug-likeness (QED) is 0.854. The van der Waals surface area contributed by atoms with Gasteiger partial charge < -0.3 is 16.0 Å². The van der Waals surface area contributed by atoms with Gasteiger partial charge in [0.15, 0.2) is 0 Å². The molecular formula is C12H17N5O2S. The van der Waals surface area contributed by atoms with Gasteiger partial charge in [-0.3, -0.25) is 14.3 Å². The molecule has 0 aliphatic heterocycles. The lowest BCUT2D eigenvalue weighted by atomic mass is 10.2. The second-order valence-electron chi connectivity index (χ2n) is 4.70. The number of nitrogens with zero attached hydrogens (tertiary/aromatic N) is 3. The number of nitrogen functional groups attached to an aromatic ring is 1. The Labute approximate surface area is 120 Å². The van der Waals surface area contributed by atoms with E-state index in [1.807, 2.05) is 14.0 Å². The Hall–Kier alpha value is -2.09. The molecule has 108 valence electrons. The van der Waals surface area contributed by atoms with Crippen molar-refractivity contribution in [3.63, 3.8) is 0 Å². The molecule has 0 aliphatic rings. The summed E-state index contributed by atoms with van der Waals surface area (Å²) >= 11 is 1.28. The van der Waals surface area contributed by atoms with Gasteiger partial charge >= 0.3 is 0 Å². The van der Waals surface area contributed by atoms with Crippen LogP contribution in [0.25, 0.3) is 10.2 Å². The number of carbonyl (C=O) groups is 2. The molecule has 0 bridgehead atoms. The van der Waals surface area contributed by atoms with Gasteiger partial charge in [0.05, 0.1) is 23.3 Å². The average Bonchev–Trinajstić information content (AvgIpc) is 2.86. The van der Waals surface area contributed by atoms with Crippen molar-refractivity contribution >= 4 is 39.1 Å². The first kappa shape index (κ1) is 14.3. The van der Waals surface area contributed by atoms with Crippen LogP contribution in [0.3, 0.4) is 0 Å². The maximum absolute atomic E-state index is 12.1. The highest BCUT2D eigenvalue weighted by Crippen LogP contribution is 2.35. The Morgan fingerprint density at radius 2 is 2.10 bits per heavy atom. The Morgan fingerprint density at radius 3 is 2.65 bits per heavy atom. The van der Waals surface area contributed by atoms with Crippen molar-refractivity contribution in [3.05, 3.63) is 10.6 Å². The summed E-state index contributed by atoms with van der Waals surface area (Å²) in [5, 5.41) is 7.65. The summed E-state index contributed by atoms with van der Waals surface area (Å²) in [6.45, 7) is 1.80. The number of nitrogens with one attached hydrogen (secondary N) is 1. The normalized spacial score (nSPS) is 10.8. The number of hydrogen-bond donors (Lipinski definition) is 2. The number of hydrogen-bond acceptors (Lipinski definition) is 5. The van der Waals surface area contributed by atoms with Crippen LogP contribution in [0.15, 0.2) is 0 Å². The zero-order valence-corrected chi connectivity index (χ0v) is 12.7. The molecule has 0 saturated heterocycles. The van der Waals surface area contributed by atoms with Gasteiger partial charge in [-0.05, 0) is 6.92 Å². The van der Waals surface area contributed by atoms with E-state index in [2.05, 4.69) is 10.4 Å².